The van der Waals surface area contributed by atoms with E-state index in [-0.39, 0.29) is 4.90 Å². The summed E-state index contributed by atoms with van der Waals surface area (Å²) in [5.74, 6) is -0.547. The van der Waals surface area contributed by atoms with E-state index < -0.39 is 15.8 Å². The van der Waals surface area contributed by atoms with Gasteiger partial charge in [0.2, 0.25) is 10.0 Å². The Morgan fingerprint density at radius 1 is 1.03 bits per heavy atom. The Morgan fingerprint density at radius 2 is 1.70 bits per heavy atom. The molecule has 0 N–H and O–H groups in total. The lowest BCUT2D eigenvalue weighted by atomic mass is 9.99. The average molecular weight is 446 g/mol. The second-order valence-corrected chi connectivity index (χ2v) is 10.3. The second kappa shape index (κ2) is 8.45. The van der Waals surface area contributed by atoms with Gasteiger partial charge in [-0.25, -0.2) is 17.8 Å². The lowest BCUT2D eigenvalue weighted by Gasteiger charge is -2.33. The Labute approximate surface area is 180 Å². The van der Waals surface area contributed by atoms with Crippen molar-refractivity contribution in [3.8, 4) is 0 Å². The fraction of sp³-hybridized carbons (Fsp3) is 0.318. The molecule has 0 atom stereocenters. The third kappa shape index (κ3) is 4.26. The predicted octanol–water partition coefficient (Wildman–Crippen LogP) is 4.00. The van der Waals surface area contributed by atoms with Gasteiger partial charge in [0.05, 0.1) is 10.6 Å². The summed E-state index contributed by atoms with van der Waals surface area (Å²) in [7, 11) is -3.69. The molecule has 0 aliphatic carbocycles. The summed E-state index contributed by atoms with van der Waals surface area (Å²) >= 11 is 1.59. The summed E-state index contributed by atoms with van der Waals surface area (Å²) in [4.78, 5) is 6.92. The largest absolute Gasteiger partial charge is 0.345 e. The first-order chi connectivity index (χ1) is 14.3. The number of thiazole rings is 1. The van der Waals surface area contributed by atoms with Gasteiger partial charge in [-0.1, -0.05) is 24.3 Å². The number of halogens is 1. The number of rotatable bonds is 5. The van der Waals surface area contributed by atoms with Crippen molar-refractivity contribution in [3.05, 3.63) is 76.0 Å². The maximum absolute atomic E-state index is 13.5. The van der Waals surface area contributed by atoms with E-state index in [9.17, 15) is 12.8 Å². The average Bonchev–Trinajstić information content (AvgIpc) is 3.20. The van der Waals surface area contributed by atoms with Gasteiger partial charge in [0, 0.05) is 38.0 Å². The van der Waals surface area contributed by atoms with Crippen LogP contribution >= 0.6 is 11.3 Å². The highest BCUT2D eigenvalue weighted by Gasteiger charge is 2.29. The van der Waals surface area contributed by atoms with Gasteiger partial charge in [-0.3, -0.25) is 0 Å². The standard InChI is InChI=1S/C22H24FN3O2S2/c1-16-5-3-6-17(2)21(16)14-19-15-29-22(24-19)25-9-11-26(12-10-25)30(27,28)20-8-4-7-18(23)13-20/h3-8,13,15H,9-12,14H2,1-2H3. The Morgan fingerprint density at radius 3 is 2.37 bits per heavy atom. The monoisotopic (exact) mass is 445 g/mol. The van der Waals surface area contributed by atoms with Crippen LogP contribution in [0.25, 0.3) is 0 Å². The van der Waals surface area contributed by atoms with E-state index in [0.29, 0.717) is 26.2 Å². The van der Waals surface area contributed by atoms with Crippen LogP contribution in [0, 0.1) is 19.7 Å². The molecule has 0 saturated carbocycles. The number of hydrogen-bond donors (Lipinski definition) is 0. The summed E-state index contributed by atoms with van der Waals surface area (Å²) < 4.78 is 40.4. The molecule has 30 heavy (non-hydrogen) atoms. The van der Waals surface area contributed by atoms with E-state index in [0.717, 1.165) is 23.3 Å². The Hall–Kier alpha value is -2.29. The molecule has 8 heteroatoms. The maximum atomic E-state index is 13.5. The molecule has 0 radical (unpaired) electrons. The van der Waals surface area contributed by atoms with Crippen molar-refractivity contribution >= 4 is 26.5 Å². The zero-order valence-corrected chi connectivity index (χ0v) is 18.6. The third-order valence-corrected chi connectivity index (χ3v) is 8.33. The van der Waals surface area contributed by atoms with Crippen LogP contribution in [0.3, 0.4) is 0 Å². The molecule has 2 aromatic carbocycles. The van der Waals surface area contributed by atoms with Gasteiger partial charge in [-0.05, 0) is 48.7 Å². The zero-order chi connectivity index (χ0) is 21.3. The van der Waals surface area contributed by atoms with Crippen molar-refractivity contribution in [2.45, 2.75) is 25.2 Å². The molecule has 1 aliphatic rings. The zero-order valence-electron chi connectivity index (χ0n) is 17.0. The number of aromatic nitrogens is 1. The maximum Gasteiger partial charge on any atom is 0.243 e. The van der Waals surface area contributed by atoms with Gasteiger partial charge in [0.15, 0.2) is 5.13 Å². The van der Waals surface area contributed by atoms with Crippen LogP contribution < -0.4 is 4.90 Å². The van der Waals surface area contributed by atoms with Crippen molar-refractivity contribution in [1.29, 1.82) is 0 Å². The first-order valence-electron chi connectivity index (χ1n) is 9.85. The van der Waals surface area contributed by atoms with Crippen LogP contribution in [0.4, 0.5) is 9.52 Å². The summed E-state index contributed by atoms with van der Waals surface area (Å²) in [6, 6.07) is 11.5. The van der Waals surface area contributed by atoms with E-state index in [2.05, 4.69) is 42.3 Å². The molecule has 0 amide bonds. The number of sulfonamides is 1. The number of nitrogens with zero attached hydrogens (tertiary/aromatic N) is 3. The molecule has 4 rings (SSSR count). The van der Waals surface area contributed by atoms with Crippen molar-refractivity contribution < 1.29 is 12.8 Å². The molecule has 158 valence electrons. The second-order valence-electron chi connectivity index (χ2n) is 7.52. The van der Waals surface area contributed by atoms with Gasteiger partial charge in [-0.15, -0.1) is 11.3 Å². The van der Waals surface area contributed by atoms with Gasteiger partial charge < -0.3 is 4.90 Å². The van der Waals surface area contributed by atoms with E-state index in [4.69, 9.17) is 4.98 Å². The lowest BCUT2D eigenvalue weighted by Crippen LogP contribution is -2.48. The van der Waals surface area contributed by atoms with E-state index >= 15 is 0 Å². The molecule has 1 fully saturated rings. The van der Waals surface area contributed by atoms with Gasteiger partial charge >= 0.3 is 0 Å². The fourth-order valence-corrected chi connectivity index (χ4v) is 6.06. The van der Waals surface area contributed by atoms with E-state index in [1.165, 1.54) is 39.2 Å². The van der Waals surface area contributed by atoms with Crippen molar-refractivity contribution in [3.63, 3.8) is 0 Å². The highest BCUT2D eigenvalue weighted by molar-refractivity contribution is 7.89. The summed E-state index contributed by atoms with van der Waals surface area (Å²) in [5, 5.41) is 3.00. The molecule has 3 aromatic rings. The summed E-state index contributed by atoms with van der Waals surface area (Å²) in [6.07, 6.45) is 0.795. The number of benzene rings is 2. The Bertz CT molecular complexity index is 1130. The van der Waals surface area contributed by atoms with Crippen LogP contribution in [0.2, 0.25) is 0 Å². The number of anilines is 1. The summed E-state index contributed by atoms with van der Waals surface area (Å²) in [6.45, 7) is 6.06. The molecular weight excluding hydrogens is 421 g/mol. The number of aryl methyl sites for hydroxylation is 2. The first-order valence-corrected chi connectivity index (χ1v) is 12.2. The number of hydrogen-bond acceptors (Lipinski definition) is 5. The predicted molar refractivity (Wildman–Crippen MR) is 118 cm³/mol. The molecular formula is C22H24FN3O2S2. The number of piperazine rings is 1. The van der Waals surface area contributed by atoms with E-state index in [1.807, 2.05) is 0 Å². The Kier molecular flexibility index (Phi) is 5.90. The topological polar surface area (TPSA) is 53.5 Å². The van der Waals surface area contributed by atoms with Crippen LogP contribution in [-0.4, -0.2) is 43.9 Å². The molecule has 5 nitrogen and oxygen atoms in total. The fourth-order valence-electron chi connectivity index (χ4n) is 3.73. The van der Waals surface area contributed by atoms with Crippen molar-refractivity contribution in [1.82, 2.24) is 9.29 Å². The SMILES string of the molecule is Cc1cccc(C)c1Cc1csc(N2CCN(S(=O)(=O)c3cccc(F)c3)CC2)n1. The minimum absolute atomic E-state index is 0.00101. The quantitative estimate of drug-likeness (QED) is 0.596. The third-order valence-electron chi connectivity index (χ3n) is 5.49. The first kappa shape index (κ1) is 21.0. The minimum Gasteiger partial charge on any atom is -0.345 e. The minimum atomic E-state index is -3.69. The highest BCUT2D eigenvalue weighted by atomic mass is 32.2. The molecule has 0 unspecified atom stereocenters. The van der Waals surface area contributed by atoms with Crippen LogP contribution in [0.1, 0.15) is 22.4 Å². The summed E-state index contributed by atoms with van der Waals surface area (Å²) in [5.41, 5.74) is 4.86. The molecule has 1 aromatic heterocycles. The smallest absolute Gasteiger partial charge is 0.243 e. The van der Waals surface area contributed by atoms with E-state index in [1.54, 1.807) is 11.3 Å². The highest BCUT2D eigenvalue weighted by Crippen LogP contribution is 2.26. The molecule has 2 heterocycles. The van der Waals surface area contributed by atoms with Crippen LogP contribution in [-0.2, 0) is 16.4 Å². The normalized spacial score (nSPS) is 15.5. The Balaban J connectivity index is 1.43. The molecule has 0 spiro atoms. The molecule has 1 aliphatic heterocycles. The van der Waals surface area contributed by atoms with Crippen molar-refractivity contribution in [2.24, 2.45) is 0 Å². The van der Waals surface area contributed by atoms with Crippen LogP contribution in [0.5, 0.6) is 0 Å². The van der Waals surface area contributed by atoms with Gasteiger partial charge in [0.25, 0.3) is 0 Å². The molecule has 0 bridgehead atoms. The lowest BCUT2D eigenvalue weighted by molar-refractivity contribution is 0.384. The van der Waals surface area contributed by atoms with Gasteiger partial charge in [0.1, 0.15) is 5.82 Å². The van der Waals surface area contributed by atoms with Gasteiger partial charge in [-0.2, -0.15) is 4.31 Å². The molecule has 1 saturated heterocycles. The van der Waals surface area contributed by atoms with Crippen molar-refractivity contribution in [2.75, 3.05) is 31.1 Å². The van der Waals surface area contributed by atoms with Crippen LogP contribution in [0.15, 0.2) is 52.7 Å².